The first-order valence-electron chi connectivity index (χ1n) is 3.62. The van der Waals surface area contributed by atoms with Crippen LogP contribution in [-0.2, 0) is 9.53 Å². The lowest BCUT2D eigenvalue weighted by atomic mass is 9.83. The summed E-state index contributed by atoms with van der Waals surface area (Å²) in [5.41, 5.74) is -2.29. The molecule has 2 nitrogen and oxygen atoms in total. The summed E-state index contributed by atoms with van der Waals surface area (Å²) in [6.45, 7) is 0.985. The van der Waals surface area contributed by atoms with E-state index >= 15 is 0 Å². The molecule has 0 radical (unpaired) electrons. The molecule has 0 aromatic heterocycles. The molecular weight excluding hydrogens is 173 g/mol. The second-order valence-corrected chi connectivity index (χ2v) is 3.07. The number of hydrogen-bond donors (Lipinski definition) is 0. The predicted octanol–water partition coefficient (Wildman–Crippen LogP) is 1.89. The van der Waals surface area contributed by atoms with Crippen molar-refractivity contribution in [3.63, 3.8) is 0 Å². The smallest absolute Gasteiger partial charge is 0.404 e. The van der Waals surface area contributed by atoms with Gasteiger partial charge in [0.25, 0.3) is 0 Å². The van der Waals surface area contributed by atoms with Gasteiger partial charge < -0.3 is 4.74 Å². The molecule has 12 heavy (non-hydrogen) atoms. The van der Waals surface area contributed by atoms with Gasteiger partial charge in [0.2, 0.25) is 0 Å². The summed E-state index contributed by atoms with van der Waals surface area (Å²) in [5, 5.41) is 0. The Hall–Kier alpha value is -0.740. The van der Waals surface area contributed by atoms with Crippen LogP contribution in [0.2, 0.25) is 0 Å². The van der Waals surface area contributed by atoms with Crippen LogP contribution >= 0.6 is 0 Å². The molecule has 1 atom stereocenters. The number of carbonyl (C=O) groups is 1. The highest BCUT2D eigenvalue weighted by Gasteiger charge is 2.58. The molecule has 1 heterocycles. The molecular formula is C7H9F3O2. The standard InChI is InChI=1S/C7H9F3O2/c1-6(7(8,9)10)3-2-4-12-5(6)11/h2-4H2,1H3. The molecule has 0 N–H and O–H groups in total. The fraction of sp³-hybridized carbons (Fsp3) is 0.857. The van der Waals surface area contributed by atoms with Gasteiger partial charge >= 0.3 is 12.1 Å². The Balaban J connectivity index is 2.87. The summed E-state index contributed by atoms with van der Waals surface area (Å²) in [5.74, 6) is -1.15. The van der Waals surface area contributed by atoms with Gasteiger partial charge in [-0.15, -0.1) is 0 Å². The van der Waals surface area contributed by atoms with Crippen molar-refractivity contribution in [2.45, 2.75) is 25.9 Å². The minimum absolute atomic E-state index is 0.102. The molecule has 1 fully saturated rings. The third-order valence-corrected chi connectivity index (χ3v) is 2.13. The van der Waals surface area contributed by atoms with Gasteiger partial charge in [-0.25, -0.2) is 0 Å². The van der Waals surface area contributed by atoms with Crippen LogP contribution in [0.1, 0.15) is 19.8 Å². The molecule has 0 aromatic rings. The summed E-state index contributed by atoms with van der Waals surface area (Å²) in [7, 11) is 0. The van der Waals surface area contributed by atoms with Crippen LogP contribution in [0.3, 0.4) is 0 Å². The highest BCUT2D eigenvalue weighted by atomic mass is 19.4. The first kappa shape index (κ1) is 9.35. The van der Waals surface area contributed by atoms with Crippen molar-refractivity contribution in [2.75, 3.05) is 6.61 Å². The van der Waals surface area contributed by atoms with E-state index in [0.29, 0.717) is 0 Å². The monoisotopic (exact) mass is 182 g/mol. The molecule has 0 amide bonds. The fourth-order valence-electron chi connectivity index (χ4n) is 1.11. The van der Waals surface area contributed by atoms with Crippen LogP contribution < -0.4 is 0 Å². The van der Waals surface area contributed by atoms with E-state index in [1.165, 1.54) is 0 Å². The van der Waals surface area contributed by atoms with Crippen LogP contribution in [0.5, 0.6) is 0 Å². The quantitative estimate of drug-likeness (QED) is 0.535. The van der Waals surface area contributed by atoms with Gasteiger partial charge in [-0.2, -0.15) is 13.2 Å². The van der Waals surface area contributed by atoms with E-state index in [4.69, 9.17) is 0 Å². The molecule has 1 aliphatic heterocycles. The normalized spacial score (nSPS) is 31.5. The second kappa shape index (κ2) is 2.64. The highest BCUT2D eigenvalue weighted by Crippen LogP contribution is 2.44. The third-order valence-electron chi connectivity index (χ3n) is 2.13. The predicted molar refractivity (Wildman–Crippen MR) is 34.4 cm³/mol. The molecule has 1 saturated heterocycles. The van der Waals surface area contributed by atoms with E-state index in [2.05, 4.69) is 4.74 Å². The molecule has 5 heteroatoms. The first-order valence-corrected chi connectivity index (χ1v) is 3.62. The van der Waals surface area contributed by atoms with Crippen LogP contribution in [-0.4, -0.2) is 18.8 Å². The minimum atomic E-state index is -4.50. The zero-order valence-corrected chi connectivity index (χ0v) is 6.57. The van der Waals surface area contributed by atoms with Crippen LogP contribution in [0.4, 0.5) is 13.2 Å². The number of alkyl halides is 3. The Morgan fingerprint density at radius 2 is 2.08 bits per heavy atom. The summed E-state index contributed by atoms with van der Waals surface area (Å²) < 4.78 is 41.2. The van der Waals surface area contributed by atoms with Crippen molar-refractivity contribution in [1.29, 1.82) is 0 Å². The zero-order chi connectivity index (χ0) is 9.41. The number of hydrogen-bond acceptors (Lipinski definition) is 2. The van der Waals surface area contributed by atoms with Gasteiger partial charge in [-0.05, 0) is 19.8 Å². The number of rotatable bonds is 0. The van der Waals surface area contributed by atoms with Gasteiger partial charge in [0.05, 0.1) is 6.61 Å². The lowest BCUT2D eigenvalue weighted by Crippen LogP contribution is -2.46. The maximum Gasteiger partial charge on any atom is 0.404 e. The Morgan fingerprint density at radius 3 is 2.42 bits per heavy atom. The zero-order valence-electron chi connectivity index (χ0n) is 6.57. The Labute approximate surface area is 67.7 Å². The van der Waals surface area contributed by atoms with Crippen LogP contribution in [0, 0.1) is 5.41 Å². The van der Waals surface area contributed by atoms with Gasteiger partial charge in [0.1, 0.15) is 0 Å². The SMILES string of the molecule is CC1(C(F)(F)F)CCCOC1=O. The van der Waals surface area contributed by atoms with Gasteiger partial charge in [0.15, 0.2) is 5.41 Å². The lowest BCUT2D eigenvalue weighted by molar-refractivity contribution is -0.239. The van der Waals surface area contributed by atoms with Crippen LogP contribution in [0.15, 0.2) is 0 Å². The van der Waals surface area contributed by atoms with E-state index in [9.17, 15) is 18.0 Å². The van der Waals surface area contributed by atoms with Crippen molar-refractivity contribution in [1.82, 2.24) is 0 Å². The van der Waals surface area contributed by atoms with Crippen molar-refractivity contribution in [2.24, 2.45) is 5.41 Å². The van der Waals surface area contributed by atoms with Gasteiger partial charge in [-0.1, -0.05) is 0 Å². The van der Waals surface area contributed by atoms with Crippen molar-refractivity contribution in [3.05, 3.63) is 0 Å². The van der Waals surface area contributed by atoms with Crippen molar-refractivity contribution >= 4 is 5.97 Å². The first-order chi connectivity index (χ1) is 5.38. The summed E-state index contributed by atoms with van der Waals surface area (Å²) >= 11 is 0. The van der Waals surface area contributed by atoms with Crippen LogP contribution in [0.25, 0.3) is 0 Å². The van der Waals surface area contributed by atoms with E-state index in [-0.39, 0.29) is 19.4 Å². The maximum absolute atomic E-state index is 12.3. The Morgan fingerprint density at radius 1 is 1.50 bits per heavy atom. The number of ether oxygens (including phenoxy) is 1. The van der Waals surface area contributed by atoms with E-state index in [1.807, 2.05) is 0 Å². The highest BCUT2D eigenvalue weighted by molar-refractivity contribution is 5.78. The molecule has 0 saturated carbocycles. The molecule has 0 aromatic carbocycles. The summed E-state index contributed by atoms with van der Waals surface area (Å²) in [6.07, 6.45) is -4.39. The number of cyclic esters (lactones) is 1. The van der Waals surface area contributed by atoms with Gasteiger partial charge in [0, 0.05) is 0 Å². The largest absolute Gasteiger partial charge is 0.465 e. The molecule has 0 bridgehead atoms. The number of carbonyl (C=O) groups excluding carboxylic acids is 1. The van der Waals surface area contributed by atoms with E-state index in [0.717, 1.165) is 6.92 Å². The molecule has 0 spiro atoms. The average Bonchev–Trinajstić information content (AvgIpc) is 1.93. The lowest BCUT2D eigenvalue weighted by Gasteiger charge is -2.32. The molecule has 0 aliphatic carbocycles. The van der Waals surface area contributed by atoms with Crippen molar-refractivity contribution < 1.29 is 22.7 Å². The molecule has 1 unspecified atom stereocenters. The maximum atomic E-state index is 12.3. The fourth-order valence-corrected chi connectivity index (χ4v) is 1.11. The minimum Gasteiger partial charge on any atom is -0.465 e. The second-order valence-electron chi connectivity index (χ2n) is 3.07. The Kier molecular flexibility index (Phi) is 2.06. The third kappa shape index (κ3) is 1.28. The number of halogens is 3. The summed E-state index contributed by atoms with van der Waals surface area (Å²) in [4.78, 5) is 10.8. The van der Waals surface area contributed by atoms with E-state index < -0.39 is 17.6 Å². The Bertz CT molecular complexity index is 199. The molecule has 70 valence electrons. The van der Waals surface area contributed by atoms with E-state index in [1.54, 1.807) is 0 Å². The molecule has 1 rings (SSSR count). The van der Waals surface area contributed by atoms with Crippen molar-refractivity contribution in [3.8, 4) is 0 Å². The number of esters is 1. The van der Waals surface area contributed by atoms with Gasteiger partial charge in [-0.3, -0.25) is 4.79 Å². The molecule has 1 aliphatic rings. The topological polar surface area (TPSA) is 26.3 Å². The summed E-state index contributed by atoms with van der Waals surface area (Å²) in [6, 6.07) is 0. The average molecular weight is 182 g/mol.